The van der Waals surface area contributed by atoms with Gasteiger partial charge in [0.25, 0.3) is 0 Å². The van der Waals surface area contributed by atoms with Crippen molar-refractivity contribution in [3.05, 3.63) is 51.9 Å². The normalized spacial score (nSPS) is 16.7. The molecule has 1 amide bonds. The first-order valence-electron chi connectivity index (χ1n) is 7.43. The number of thiophene rings is 1. The largest absolute Gasteiger partial charge is 0.619 e. The molecule has 1 aliphatic rings. The molecule has 1 aromatic heterocycles. The Balaban J connectivity index is 1.83. The SMILES string of the molecule is C=[N+]([O-])c1ccc(NC(=O)C2(c3cccs3)CCOCC2)cc1. The van der Waals surface area contributed by atoms with Crippen molar-refractivity contribution >= 4 is 35.3 Å². The van der Waals surface area contributed by atoms with Gasteiger partial charge in [-0.3, -0.25) is 4.79 Å². The molecule has 5 nitrogen and oxygen atoms in total. The van der Waals surface area contributed by atoms with Crippen molar-refractivity contribution < 1.29 is 14.3 Å². The van der Waals surface area contributed by atoms with E-state index < -0.39 is 5.41 Å². The summed E-state index contributed by atoms with van der Waals surface area (Å²) in [6.07, 6.45) is 1.34. The molecule has 0 unspecified atom stereocenters. The summed E-state index contributed by atoms with van der Waals surface area (Å²) in [5.41, 5.74) is 0.576. The lowest BCUT2D eigenvalue weighted by molar-refractivity contribution is -0.349. The molecule has 1 aromatic carbocycles. The van der Waals surface area contributed by atoms with E-state index in [1.165, 1.54) is 0 Å². The molecule has 3 rings (SSSR count). The van der Waals surface area contributed by atoms with Crippen LogP contribution in [0.25, 0.3) is 0 Å². The Morgan fingerprint density at radius 3 is 2.52 bits per heavy atom. The second-order valence-corrected chi connectivity index (χ2v) is 6.50. The molecule has 1 N–H and O–H groups in total. The molecule has 0 bridgehead atoms. The van der Waals surface area contributed by atoms with Crippen LogP contribution in [-0.4, -0.2) is 30.6 Å². The summed E-state index contributed by atoms with van der Waals surface area (Å²) in [6.45, 7) is 4.46. The van der Waals surface area contributed by atoms with Gasteiger partial charge < -0.3 is 15.3 Å². The number of nitrogens with one attached hydrogen (secondary N) is 1. The zero-order chi connectivity index (χ0) is 16.3. The first-order valence-corrected chi connectivity index (χ1v) is 8.31. The van der Waals surface area contributed by atoms with Crippen molar-refractivity contribution in [2.75, 3.05) is 18.5 Å². The number of amides is 1. The highest BCUT2D eigenvalue weighted by molar-refractivity contribution is 7.10. The maximum absolute atomic E-state index is 13.0. The van der Waals surface area contributed by atoms with Crippen molar-refractivity contribution in [1.82, 2.24) is 0 Å². The topological polar surface area (TPSA) is 64.4 Å². The van der Waals surface area contributed by atoms with Gasteiger partial charge in [0.05, 0.1) is 5.41 Å². The molecular weight excluding hydrogens is 312 g/mol. The van der Waals surface area contributed by atoms with E-state index in [-0.39, 0.29) is 5.91 Å². The second-order valence-electron chi connectivity index (χ2n) is 5.55. The number of rotatable bonds is 4. The van der Waals surface area contributed by atoms with Crippen LogP contribution in [-0.2, 0) is 14.9 Å². The molecule has 2 aromatic rings. The fraction of sp³-hybridized carbons (Fsp3) is 0.294. The Bertz CT molecular complexity index is 689. The standard InChI is InChI=1S/C17H18N2O3S/c1-19(21)14-6-4-13(5-7-14)18-16(20)17(8-10-22-11-9-17)15-3-2-12-23-15/h2-7,12H,1,8-11H2,(H,18,20). The fourth-order valence-corrected chi connectivity index (χ4v) is 3.80. The van der Waals surface area contributed by atoms with Gasteiger partial charge in [0.1, 0.15) is 6.72 Å². The van der Waals surface area contributed by atoms with Gasteiger partial charge in [-0.05, 0) is 36.4 Å². The number of carbonyl (C=O) groups excluding carboxylic acids is 1. The molecule has 2 heterocycles. The van der Waals surface area contributed by atoms with Crippen LogP contribution in [0.3, 0.4) is 0 Å². The van der Waals surface area contributed by atoms with Crippen LogP contribution in [0.2, 0.25) is 0 Å². The highest BCUT2D eigenvalue weighted by Gasteiger charge is 2.42. The van der Waals surface area contributed by atoms with E-state index in [0.29, 0.717) is 42.2 Å². The van der Waals surface area contributed by atoms with Gasteiger partial charge in [-0.25, -0.2) is 0 Å². The Hall–Kier alpha value is -2.18. The maximum Gasteiger partial charge on any atom is 0.236 e. The minimum Gasteiger partial charge on any atom is -0.619 e. The van der Waals surface area contributed by atoms with Gasteiger partial charge in [0.2, 0.25) is 11.6 Å². The van der Waals surface area contributed by atoms with Crippen LogP contribution in [0.4, 0.5) is 11.4 Å². The summed E-state index contributed by atoms with van der Waals surface area (Å²) in [7, 11) is 0. The number of benzene rings is 1. The molecule has 120 valence electrons. The summed E-state index contributed by atoms with van der Waals surface area (Å²) in [4.78, 5) is 14.0. The van der Waals surface area contributed by atoms with Crippen LogP contribution in [0, 0.1) is 5.21 Å². The Morgan fingerprint density at radius 1 is 1.26 bits per heavy atom. The van der Waals surface area contributed by atoms with Crippen molar-refractivity contribution in [2.24, 2.45) is 0 Å². The lowest BCUT2D eigenvalue weighted by atomic mass is 9.78. The number of hydrogen-bond acceptors (Lipinski definition) is 4. The minimum atomic E-state index is -0.540. The third-order valence-corrected chi connectivity index (χ3v) is 5.26. The maximum atomic E-state index is 13.0. The Labute approximate surface area is 138 Å². The molecular formula is C17H18N2O3S. The Morgan fingerprint density at radius 2 is 1.96 bits per heavy atom. The van der Waals surface area contributed by atoms with Crippen LogP contribution in [0.1, 0.15) is 17.7 Å². The van der Waals surface area contributed by atoms with E-state index in [0.717, 1.165) is 4.88 Å². The molecule has 1 aliphatic heterocycles. The number of anilines is 1. The molecule has 23 heavy (non-hydrogen) atoms. The number of ether oxygens (including phenoxy) is 1. The first kappa shape index (κ1) is 15.7. The van der Waals surface area contributed by atoms with Crippen molar-refractivity contribution in [1.29, 1.82) is 0 Å². The molecule has 0 spiro atoms. The van der Waals surface area contributed by atoms with E-state index in [2.05, 4.69) is 12.0 Å². The molecule has 1 fully saturated rings. The number of hydrogen-bond donors (Lipinski definition) is 1. The third kappa shape index (κ3) is 3.13. The van der Waals surface area contributed by atoms with Crippen molar-refractivity contribution in [3.8, 4) is 0 Å². The molecule has 1 saturated heterocycles. The first-order chi connectivity index (χ1) is 11.1. The highest BCUT2D eigenvalue weighted by atomic mass is 32.1. The predicted molar refractivity (Wildman–Crippen MR) is 91.5 cm³/mol. The number of nitrogens with zero attached hydrogens (tertiary/aromatic N) is 1. The zero-order valence-corrected chi connectivity index (χ0v) is 13.5. The summed E-state index contributed by atoms with van der Waals surface area (Å²) in [6, 6.07) is 10.7. The molecule has 0 aliphatic carbocycles. The summed E-state index contributed by atoms with van der Waals surface area (Å²) in [5.74, 6) is -0.0235. The van der Waals surface area contributed by atoms with Crippen LogP contribution in [0.5, 0.6) is 0 Å². The van der Waals surface area contributed by atoms with Crippen LogP contribution >= 0.6 is 11.3 Å². The summed E-state index contributed by atoms with van der Waals surface area (Å²) >= 11 is 1.60. The summed E-state index contributed by atoms with van der Waals surface area (Å²) < 4.78 is 5.98. The highest BCUT2D eigenvalue weighted by Crippen LogP contribution is 2.38. The van der Waals surface area contributed by atoms with Gasteiger partial charge in [0.15, 0.2) is 0 Å². The van der Waals surface area contributed by atoms with E-state index in [1.54, 1.807) is 35.6 Å². The number of carbonyl (C=O) groups is 1. The van der Waals surface area contributed by atoms with Gasteiger partial charge in [-0.15, -0.1) is 11.3 Å². The van der Waals surface area contributed by atoms with E-state index in [4.69, 9.17) is 4.74 Å². The molecule has 0 radical (unpaired) electrons. The van der Waals surface area contributed by atoms with Crippen LogP contribution < -0.4 is 5.32 Å². The van der Waals surface area contributed by atoms with Gasteiger partial charge in [-0.2, -0.15) is 4.74 Å². The summed E-state index contributed by atoms with van der Waals surface area (Å²) in [5, 5.41) is 16.1. The van der Waals surface area contributed by atoms with Gasteiger partial charge >= 0.3 is 0 Å². The van der Waals surface area contributed by atoms with Gasteiger partial charge in [-0.1, -0.05) is 6.07 Å². The average Bonchev–Trinajstić information content (AvgIpc) is 3.11. The van der Waals surface area contributed by atoms with Gasteiger partial charge in [0, 0.05) is 35.9 Å². The molecule has 6 heteroatoms. The minimum absolute atomic E-state index is 0.0235. The second kappa shape index (κ2) is 6.52. The Kier molecular flexibility index (Phi) is 4.45. The van der Waals surface area contributed by atoms with Crippen LogP contribution in [0.15, 0.2) is 41.8 Å². The predicted octanol–water partition coefficient (Wildman–Crippen LogP) is 3.28. The lowest BCUT2D eigenvalue weighted by Gasteiger charge is -2.35. The fourth-order valence-electron chi connectivity index (χ4n) is 2.82. The average molecular weight is 330 g/mol. The van der Waals surface area contributed by atoms with E-state index in [9.17, 15) is 10.0 Å². The zero-order valence-electron chi connectivity index (χ0n) is 12.7. The molecule has 0 atom stereocenters. The lowest BCUT2D eigenvalue weighted by Crippen LogP contribution is -2.44. The monoisotopic (exact) mass is 330 g/mol. The third-order valence-electron chi connectivity index (χ3n) is 4.19. The van der Waals surface area contributed by atoms with Crippen molar-refractivity contribution in [3.63, 3.8) is 0 Å². The van der Waals surface area contributed by atoms with E-state index in [1.807, 2.05) is 17.5 Å². The van der Waals surface area contributed by atoms with E-state index >= 15 is 0 Å². The molecule has 0 saturated carbocycles. The quantitative estimate of drug-likeness (QED) is 0.405. The van der Waals surface area contributed by atoms with Crippen molar-refractivity contribution in [2.45, 2.75) is 18.3 Å². The smallest absolute Gasteiger partial charge is 0.236 e.